The van der Waals surface area contributed by atoms with E-state index in [0.29, 0.717) is 26.4 Å². The molecule has 2 unspecified atom stereocenters. The van der Waals surface area contributed by atoms with Crippen molar-refractivity contribution in [2.45, 2.75) is 19.1 Å². The lowest BCUT2D eigenvalue weighted by Gasteiger charge is -2.28. The second kappa shape index (κ2) is 5.95. The molecule has 0 aromatic carbocycles. The standard InChI is InChI=1S/C12H18N2O3/c1-2-16-10-5-9(6-14-7-10)12(13)11-8-15-3-4-17-11/h5-7,11-12H,2-4,8,13H2,1H3. The minimum Gasteiger partial charge on any atom is -0.492 e. The topological polar surface area (TPSA) is 66.6 Å². The highest BCUT2D eigenvalue weighted by Gasteiger charge is 2.23. The van der Waals surface area contributed by atoms with E-state index in [4.69, 9.17) is 19.9 Å². The molecule has 1 aliphatic rings. The van der Waals surface area contributed by atoms with Gasteiger partial charge >= 0.3 is 0 Å². The summed E-state index contributed by atoms with van der Waals surface area (Å²) in [6, 6.07) is 1.67. The van der Waals surface area contributed by atoms with E-state index < -0.39 is 0 Å². The first-order valence-corrected chi connectivity index (χ1v) is 5.84. The van der Waals surface area contributed by atoms with E-state index in [1.54, 1.807) is 12.4 Å². The summed E-state index contributed by atoms with van der Waals surface area (Å²) in [6.07, 6.45) is 3.31. The predicted octanol–water partition coefficient (Wildman–Crippen LogP) is 0.895. The fourth-order valence-electron chi connectivity index (χ4n) is 1.79. The molecule has 1 aromatic rings. The molecule has 94 valence electrons. The number of hydrogen-bond acceptors (Lipinski definition) is 5. The molecule has 1 aromatic heterocycles. The van der Waals surface area contributed by atoms with Gasteiger partial charge in [0.25, 0.3) is 0 Å². The number of rotatable bonds is 4. The van der Waals surface area contributed by atoms with Crippen molar-refractivity contribution in [1.29, 1.82) is 0 Å². The van der Waals surface area contributed by atoms with Gasteiger partial charge in [0, 0.05) is 6.20 Å². The highest BCUT2D eigenvalue weighted by Crippen LogP contribution is 2.21. The van der Waals surface area contributed by atoms with Gasteiger partial charge in [-0.05, 0) is 18.6 Å². The third-order valence-corrected chi connectivity index (χ3v) is 2.67. The van der Waals surface area contributed by atoms with Crippen molar-refractivity contribution in [1.82, 2.24) is 4.98 Å². The lowest BCUT2D eigenvalue weighted by Crippen LogP contribution is -2.37. The largest absolute Gasteiger partial charge is 0.492 e. The van der Waals surface area contributed by atoms with Crippen LogP contribution in [0.5, 0.6) is 5.75 Å². The van der Waals surface area contributed by atoms with Gasteiger partial charge in [-0.3, -0.25) is 4.98 Å². The van der Waals surface area contributed by atoms with Crippen molar-refractivity contribution in [2.75, 3.05) is 26.4 Å². The van der Waals surface area contributed by atoms with Crippen LogP contribution in [-0.4, -0.2) is 37.5 Å². The molecule has 1 saturated heterocycles. The van der Waals surface area contributed by atoms with Gasteiger partial charge in [-0.1, -0.05) is 0 Å². The molecule has 2 heterocycles. The zero-order valence-electron chi connectivity index (χ0n) is 9.96. The zero-order valence-corrected chi connectivity index (χ0v) is 9.96. The molecule has 2 N–H and O–H groups in total. The summed E-state index contributed by atoms with van der Waals surface area (Å²) >= 11 is 0. The Morgan fingerprint density at radius 1 is 1.53 bits per heavy atom. The lowest BCUT2D eigenvalue weighted by molar-refractivity contribution is -0.0976. The van der Waals surface area contributed by atoms with Crippen LogP contribution in [0.2, 0.25) is 0 Å². The third kappa shape index (κ3) is 3.15. The van der Waals surface area contributed by atoms with Crippen molar-refractivity contribution < 1.29 is 14.2 Å². The molecule has 1 fully saturated rings. The first-order valence-electron chi connectivity index (χ1n) is 5.84. The van der Waals surface area contributed by atoms with Gasteiger partial charge in [0.15, 0.2) is 0 Å². The van der Waals surface area contributed by atoms with Gasteiger partial charge in [0.2, 0.25) is 0 Å². The van der Waals surface area contributed by atoms with Crippen LogP contribution < -0.4 is 10.5 Å². The molecule has 2 atom stereocenters. The van der Waals surface area contributed by atoms with Crippen molar-refractivity contribution in [3.05, 3.63) is 24.0 Å². The van der Waals surface area contributed by atoms with Crippen LogP contribution >= 0.6 is 0 Å². The van der Waals surface area contributed by atoms with Crippen LogP contribution in [-0.2, 0) is 9.47 Å². The number of ether oxygens (including phenoxy) is 3. The van der Waals surface area contributed by atoms with E-state index in [0.717, 1.165) is 11.3 Å². The Morgan fingerprint density at radius 2 is 2.41 bits per heavy atom. The summed E-state index contributed by atoms with van der Waals surface area (Å²) in [4.78, 5) is 4.12. The fourth-order valence-corrected chi connectivity index (χ4v) is 1.79. The average Bonchev–Trinajstić information content (AvgIpc) is 2.40. The number of nitrogens with two attached hydrogens (primary N) is 1. The fraction of sp³-hybridized carbons (Fsp3) is 0.583. The Balaban J connectivity index is 2.06. The Hall–Kier alpha value is -1.17. The molecule has 2 rings (SSSR count). The molecular formula is C12H18N2O3. The van der Waals surface area contributed by atoms with Gasteiger partial charge in [-0.2, -0.15) is 0 Å². The number of aromatic nitrogens is 1. The van der Waals surface area contributed by atoms with Crippen molar-refractivity contribution in [3.8, 4) is 5.75 Å². The van der Waals surface area contributed by atoms with E-state index in [1.807, 2.05) is 13.0 Å². The molecule has 0 radical (unpaired) electrons. The van der Waals surface area contributed by atoms with E-state index in [1.165, 1.54) is 0 Å². The van der Waals surface area contributed by atoms with Crippen LogP contribution in [0.3, 0.4) is 0 Å². The van der Waals surface area contributed by atoms with Crippen LogP contribution in [0.15, 0.2) is 18.5 Å². The molecule has 0 aliphatic carbocycles. The van der Waals surface area contributed by atoms with Crippen molar-refractivity contribution in [2.24, 2.45) is 5.73 Å². The van der Waals surface area contributed by atoms with Gasteiger partial charge < -0.3 is 19.9 Å². The minimum absolute atomic E-state index is 0.109. The second-order valence-electron chi connectivity index (χ2n) is 3.90. The first-order chi connectivity index (χ1) is 8.31. The van der Waals surface area contributed by atoms with E-state index >= 15 is 0 Å². The number of hydrogen-bond donors (Lipinski definition) is 1. The molecule has 1 aliphatic heterocycles. The predicted molar refractivity (Wildman–Crippen MR) is 62.9 cm³/mol. The summed E-state index contributed by atoms with van der Waals surface area (Å²) in [7, 11) is 0. The molecule has 17 heavy (non-hydrogen) atoms. The summed E-state index contributed by atoms with van der Waals surface area (Å²) in [6.45, 7) is 4.31. The van der Waals surface area contributed by atoms with E-state index in [9.17, 15) is 0 Å². The maximum Gasteiger partial charge on any atom is 0.137 e. The quantitative estimate of drug-likeness (QED) is 0.844. The maximum absolute atomic E-state index is 6.13. The van der Waals surface area contributed by atoms with Crippen LogP contribution in [0, 0.1) is 0 Å². The average molecular weight is 238 g/mol. The Bertz CT molecular complexity index is 353. The summed E-state index contributed by atoms with van der Waals surface area (Å²) in [5, 5.41) is 0. The van der Waals surface area contributed by atoms with Gasteiger partial charge in [0.05, 0.1) is 38.7 Å². The van der Waals surface area contributed by atoms with Crippen LogP contribution in [0.1, 0.15) is 18.5 Å². The summed E-state index contributed by atoms with van der Waals surface area (Å²) in [5.74, 6) is 0.733. The molecule has 0 amide bonds. The highest BCUT2D eigenvalue weighted by molar-refractivity contribution is 5.26. The van der Waals surface area contributed by atoms with Crippen molar-refractivity contribution in [3.63, 3.8) is 0 Å². The number of nitrogens with zero attached hydrogens (tertiary/aromatic N) is 1. The third-order valence-electron chi connectivity index (χ3n) is 2.67. The van der Waals surface area contributed by atoms with Gasteiger partial charge in [-0.15, -0.1) is 0 Å². The highest BCUT2D eigenvalue weighted by atomic mass is 16.6. The second-order valence-corrected chi connectivity index (χ2v) is 3.90. The SMILES string of the molecule is CCOc1cncc(C(N)C2COCCO2)c1. The lowest BCUT2D eigenvalue weighted by atomic mass is 10.0. The van der Waals surface area contributed by atoms with Crippen molar-refractivity contribution >= 4 is 0 Å². The Labute approximate surface area is 101 Å². The smallest absolute Gasteiger partial charge is 0.137 e. The molecular weight excluding hydrogens is 220 g/mol. The summed E-state index contributed by atoms with van der Waals surface area (Å²) in [5.41, 5.74) is 7.04. The molecule has 5 heteroatoms. The molecule has 0 bridgehead atoms. The number of pyridine rings is 1. The monoisotopic (exact) mass is 238 g/mol. The van der Waals surface area contributed by atoms with Gasteiger partial charge in [0.1, 0.15) is 11.9 Å². The Morgan fingerprint density at radius 3 is 3.12 bits per heavy atom. The first kappa shape index (κ1) is 12.3. The molecule has 0 saturated carbocycles. The maximum atomic E-state index is 6.13. The normalized spacial score (nSPS) is 22.1. The Kier molecular flexibility index (Phi) is 4.30. The minimum atomic E-state index is -0.233. The van der Waals surface area contributed by atoms with Crippen LogP contribution in [0.4, 0.5) is 0 Å². The zero-order chi connectivity index (χ0) is 12.1. The van der Waals surface area contributed by atoms with E-state index in [-0.39, 0.29) is 12.1 Å². The van der Waals surface area contributed by atoms with E-state index in [2.05, 4.69) is 4.98 Å². The molecule has 0 spiro atoms. The molecule has 5 nitrogen and oxygen atoms in total. The van der Waals surface area contributed by atoms with Gasteiger partial charge in [-0.25, -0.2) is 0 Å². The van der Waals surface area contributed by atoms with Crippen LogP contribution in [0.25, 0.3) is 0 Å². The summed E-state index contributed by atoms with van der Waals surface area (Å²) < 4.78 is 16.3.